The molecule has 8 nitrogen and oxygen atoms in total. The Bertz CT molecular complexity index is 1370. The van der Waals surface area contributed by atoms with Gasteiger partial charge in [0.05, 0.1) is 23.1 Å². The SMILES string of the molecule is Cc1cccc(-n2ncc(C(=O)N3CCN(c4cccc(Cl)c4)CC3)c2C2CCN(C(=O)OC(C)(C)C)CC2)c1. The van der Waals surface area contributed by atoms with Gasteiger partial charge >= 0.3 is 6.09 Å². The fourth-order valence-corrected chi connectivity index (χ4v) is 5.74. The summed E-state index contributed by atoms with van der Waals surface area (Å²) >= 11 is 6.20. The molecule has 9 heteroatoms. The van der Waals surface area contributed by atoms with Crippen molar-refractivity contribution >= 4 is 29.3 Å². The smallest absolute Gasteiger partial charge is 0.410 e. The van der Waals surface area contributed by atoms with E-state index in [0.29, 0.717) is 36.8 Å². The Hall–Kier alpha value is -3.52. The molecular weight excluding hydrogens is 526 g/mol. The Balaban J connectivity index is 1.36. The van der Waals surface area contributed by atoms with Gasteiger partial charge in [-0.2, -0.15) is 5.10 Å². The lowest BCUT2D eigenvalue weighted by atomic mass is 9.90. The van der Waals surface area contributed by atoms with Gasteiger partial charge in [-0.05, 0) is 76.4 Å². The number of aryl methyl sites for hydroxylation is 1. The van der Waals surface area contributed by atoms with Crippen molar-refractivity contribution in [2.45, 2.75) is 52.1 Å². The Morgan fingerprint density at radius 1 is 0.900 bits per heavy atom. The molecule has 3 heterocycles. The third-order valence-electron chi connectivity index (χ3n) is 7.56. The summed E-state index contributed by atoms with van der Waals surface area (Å²) in [6, 6.07) is 16.0. The second kappa shape index (κ2) is 11.5. The van der Waals surface area contributed by atoms with Gasteiger partial charge in [0, 0.05) is 55.9 Å². The molecule has 0 unspecified atom stereocenters. The minimum atomic E-state index is -0.534. The van der Waals surface area contributed by atoms with Crippen LogP contribution in [0.25, 0.3) is 5.69 Å². The highest BCUT2D eigenvalue weighted by Crippen LogP contribution is 2.34. The van der Waals surface area contributed by atoms with Crippen LogP contribution >= 0.6 is 11.6 Å². The van der Waals surface area contributed by atoms with E-state index in [9.17, 15) is 9.59 Å². The van der Waals surface area contributed by atoms with Crippen LogP contribution in [0.3, 0.4) is 0 Å². The molecule has 3 aromatic rings. The summed E-state index contributed by atoms with van der Waals surface area (Å²) in [6.07, 6.45) is 2.91. The number of anilines is 1. The third-order valence-corrected chi connectivity index (χ3v) is 7.79. The van der Waals surface area contributed by atoms with Crippen molar-refractivity contribution < 1.29 is 14.3 Å². The van der Waals surface area contributed by atoms with E-state index in [0.717, 1.165) is 48.6 Å². The fourth-order valence-electron chi connectivity index (χ4n) is 5.55. The molecule has 2 aromatic carbocycles. The number of likely N-dealkylation sites (tertiary alicyclic amines) is 1. The highest BCUT2D eigenvalue weighted by atomic mass is 35.5. The monoisotopic (exact) mass is 563 g/mol. The Morgan fingerprint density at radius 2 is 1.57 bits per heavy atom. The molecule has 0 aliphatic carbocycles. The molecule has 1 aromatic heterocycles. The first-order valence-corrected chi connectivity index (χ1v) is 14.4. The Kier molecular flexibility index (Phi) is 8.08. The van der Waals surface area contributed by atoms with Crippen molar-refractivity contribution in [3.8, 4) is 5.69 Å². The van der Waals surface area contributed by atoms with Crippen molar-refractivity contribution in [2.24, 2.45) is 0 Å². The zero-order valence-electron chi connectivity index (χ0n) is 23.8. The number of piperazine rings is 1. The van der Waals surface area contributed by atoms with E-state index in [1.807, 2.05) is 60.7 Å². The summed E-state index contributed by atoms with van der Waals surface area (Å²) in [6.45, 7) is 11.6. The van der Waals surface area contributed by atoms with Crippen LogP contribution in [-0.2, 0) is 4.74 Å². The number of hydrogen-bond acceptors (Lipinski definition) is 5. The molecule has 0 spiro atoms. The predicted octanol–water partition coefficient (Wildman–Crippen LogP) is 5.91. The van der Waals surface area contributed by atoms with Gasteiger partial charge in [0.15, 0.2) is 0 Å². The van der Waals surface area contributed by atoms with Gasteiger partial charge in [-0.1, -0.05) is 29.8 Å². The number of rotatable bonds is 4. The van der Waals surface area contributed by atoms with Gasteiger partial charge in [0.1, 0.15) is 5.60 Å². The van der Waals surface area contributed by atoms with E-state index in [4.69, 9.17) is 21.4 Å². The number of ether oxygens (including phenoxy) is 1. The third kappa shape index (κ3) is 6.28. The highest BCUT2D eigenvalue weighted by Gasteiger charge is 2.34. The normalized spacial score (nSPS) is 16.8. The predicted molar refractivity (Wildman–Crippen MR) is 158 cm³/mol. The molecule has 0 saturated carbocycles. The molecule has 2 aliphatic heterocycles. The van der Waals surface area contributed by atoms with Crippen molar-refractivity contribution in [1.29, 1.82) is 0 Å². The molecule has 2 saturated heterocycles. The molecule has 0 atom stereocenters. The molecule has 2 amide bonds. The van der Waals surface area contributed by atoms with Crippen LogP contribution in [0.4, 0.5) is 10.5 Å². The van der Waals surface area contributed by atoms with Gasteiger partial charge in [0.2, 0.25) is 0 Å². The van der Waals surface area contributed by atoms with E-state index in [-0.39, 0.29) is 17.9 Å². The summed E-state index contributed by atoms with van der Waals surface area (Å²) in [5, 5.41) is 5.44. The zero-order chi connectivity index (χ0) is 28.4. The van der Waals surface area contributed by atoms with Crippen molar-refractivity contribution in [3.63, 3.8) is 0 Å². The maximum atomic E-state index is 13.9. The van der Waals surface area contributed by atoms with Crippen LogP contribution in [0, 0.1) is 6.92 Å². The van der Waals surface area contributed by atoms with Crippen LogP contribution in [-0.4, -0.2) is 76.5 Å². The van der Waals surface area contributed by atoms with E-state index in [1.165, 1.54) is 0 Å². The quantitative estimate of drug-likeness (QED) is 0.394. The molecule has 0 radical (unpaired) electrons. The number of aromatic nitrogens is 2. The summed E-state index contributed by atoms with van der Waals surface area (Å²) in [5.41, 5.74) is 4.18. The largest absolute Gasteiger partial charge is 0.444 e. The minimum absolute atomic E-state index is 0.00854. The van der Waals surface area contributed by atoms with Crippen LogP contribution in [0.2, 0.25) is 5.02 Å². The molecule has 2 aliphatic rings. The summed E-state index contributed by atoms with van der Waals surface area (Å²) in [4.78, 5) is 32.6. The standard InChI is InChI=1S/C31H38ClN5O3/c1-22-7-5-10-26(19-22)37-28(23-11-13-36(14-12-23)30(39)40-31(2,3)4)27(21-33-37)29(38)35-17-15-34(16-18-35)25-9-6-8-24(32)20-25/h5-10,19-21,23H,11-18H2,1-4H3. The second-order valence-electron chi connectivity index (χ2n) is 11.7. The highest BCUT2D eigenvalue weighted by molar-refractivity contribution is 6.30. The maximum Gasteiger partial charge on any atom is 0.410 e. The molecular formula is C31H38ClN5O3. The van der Waals surface area contributed by atoms with Crippen LogP contribution < -0.4 is 4.90 Å². The van der Waals surface area contributed by atoms with Gasteiger partial charge in [-0.3, -0.25) is 4.79 Å². The topological polar surface area (TPSA) is 70.9 Å². The first kappa shape index (κ1) is 28.0. The lowest BCUT2D eigenvalue weighted by Crippen LogP contribution is -2.49. The van der Waals surface area contributed by atoms with Gasteiger partial charge in [0.25, 0.3) is 5.91 Å². The molecule has 0 N–H and O–H groups in total. The van der Waals surface area contributed by atoms with E-state index in [2.05, 4.69) is 30.0 Å². The lowest BCUT2D eigenvalue weighted by molar-refractivity contribution is 0.0203. The fraction of sp³-hybridized carbons (Fsp3) is 0.452. The van der Waals surface area contributed by atoms with E-state index in [1.54, 1.807) is 11.1 Å². The number of halogens is 1. The minimum Gasteiger partial charge on any atom is -0.444 e. The Morgan fingerprint density at radius 3 is 2.23 bits per heavy atom. The summed E-state index contributed by atoms with van der Waals surface area (Å²) in [7, 11) is 0. The van der Waals surface area contributed by atoms with Crippen molar-refractivity contribution in [2.75, 3.05) is 44.2 Å². The lowest BCUT2D eigenvalue weighted by Gasteiger charge is -2.37. The second-order valence-corrected chi connectivity index (χ2v) is 12.1. The number of piperidine rings is 1. The molecule has 0 bridgehead atoms. The first-order chi connectivity index (χ1) is 19.1. The van der Waals surface area contributed by atoms with Crippen LogP contribution in [0.1, 0.15) is 61.1 Å². The zero-order valence-corrected chi connectivity index (χ0v) is 24.5. The van der Waals surface area contributed by atoms with Crippen LogP contribution in [0.15, 0.2) is 54.7 Å². The van der Waals surface area contributed by atoms with Gasteiger partial charge in [-0.15, -0.1) is 0 Å². The summed E-state index contributed by atoms with van der Waals surface area (Å²) in [5.74, 6) is 0.0996. The van der Waals surface area contributed by atoms with Gasteiger partial charge < -0.3 is 19.4 Å². The first-order valence-electron chi connectivity index (χ1n) is 14.0. The number of amides is 2. The van der Waals surface area contributed by atoms with Crippen LogP contribution in [0.5, 0.6) is 0 Å². The van der Waals surface area contributed by atoms with Crippen molar-refractivity contribution in [3.05, 3.63) is 76.6 Å². The van der Waals surface area contributed by atoms with Crippen molar-refractivity contribution in [1.82, 2.24) is 19.6 Å². The number of benzene rings is 2. The summed E-state index contributed by atoms with van der Waals surface area (Å²) < 4.78 is 7.52. The molecule has 40 heavy (non-hydrogen) atoms. The number of hydrogen-bond donors (Lipinski definition) is 0. The molecule has 2 fully saturated rings. The van der Waals surface area contributed by atoms with Gasteiger partial charge in [-0.25, -0.2) is 9.48 Å². The Labute approximate surface area is 241 Å². The number of carbonyl (C=O) groups excluding carboxylic acids is 2. The number of carbonyl (C=O) groups is 2. The molecule has 212 valence electrons. The van der Waals surface area contributed by atoms with E-state index < -0.39 is 5.60 Å². The molecule has 5 rings (SSSR count). The average Bonchev–Trinajstić information content (AvgIpc) is 3.37. The number of nitrogens with zero attached hydrogens (tertiary/aromatic N) is 5. The van der Waals surface area contributed by atoms with E-state index >= 15 is 0 Å². The average molecular weight is 564 g/mol. The maximum absolute atomic E-state index is 13.9.